The van der Waals surface area contributed by atoms with Gasteiger partial charge in [0.15, 0.2) is 0 Å². The lowest BCUT2D eigenvalue weighted by Gasteiger charge is -2.16. The van der Waals surface area contributed by atoms with E-state index in [1.165, 1.54) is 17.0 Å². The molecule has 1 rings (SSSR count). The lowest BCUT2D eigenvalue weighted by Crippen LogP contribution is -3.12. The first kappa shape index (κ1) is 17.6. The molecule has 0 unspecified atom stereocenters. The summed E-state index contributed by atoms with van der Waals surface area (Å²) in [6.45, 7) is 8.53. The average molecular weight is 314 g/mol. The van der Waals surface area contributed by atoms with Gasteiger partial charge in [-0.15, -0.1) is 0 Å². The van der Waals surface area contributed by atoms with Crippen LogP contribution in [-0.4, -0.2) is 40.6 Å². The molecule has 0 spiro atoms. The number of aromatic carboxylic acids is 1. The number of aryl methyl sites for hydroxylation is 1. The van der Waals surface area contributed by atoms with Gasteiger partial charge < -0.3 is 14.8 Å². The number of carboxylic acids is 1. The Morgan fingerprint density at radius 2 is 1.90 bits per heavy atom. The van der Waals surface area contributed by atoms with E-state index >= 15 is 0 Å². The summed E-state index contributed by atoms with van der Waals surface area (Å²) in [5.41, 5.74) is 0.369. The lowest BCUT2D eigenvalue weighted by molar-refractivity contribution is -0.895. The van der Waals surface area contributed by atoms with Crippen molar-refractivity contribution in [3.8, 4) is 0 Å². The van der Waals surface area contributed by atoms with Gasteiger partial charge in [-0.3, -0.25) is 0 Å². The first-order valence-corrected chi connectivity index (χ1v) is 8.45. The summed E-state index contributed by atoms with van der Waals surface area (Å²) in [4.78, 5) is 12.2. The number of hydrogen-bond acceptors (Lipinski definition) is 4. The number of hydrogen-bond donors (Lipinski definition) is 2. The van der Waals surface area contributed by atoms with Gasteiger partial charge in [0.25, 0.3) is 0 Å². The van der Waals surface area contributed by atoms with Crippen LogP contribution in [0.15, 0.2) is 23.1 Å². The molecular formula is C14H22N2O4S. The number of likely N-dealkylation sites (N-methyl/N-ethyl adjacent to an activating group) is 1. The highest BCUT2D eigenvalue weighted by Crippen LogP contribution is 2.14. The Hall–Kier alpha value is -1.44. The van der Waals surface area contributed by atoms with E-state index in [4.69, 9.17) is 0 Å². The molecule has 2 N–H and O–H groups in total. The third kappa shape index (κ3) is 4.80. The predicted octanol–water partition coefficient (Wildman–Crippen LogP) is -1.44. The SMILES string of the molecule is CC[NH+](CC)CCNS(=O)(=O)c1ccc(C)c(C(=O)[O-])c1. The molecule has 0 atom stereocenters. The van der Waals surface area contributed by atoms with Crippen LogP contribution in [0.4, 0.5) is 0 Å². The Bertz CT molecular complexity index is 595. The summed E-state index contributed by atoms with van der Waals surface area (Å²) < 4.78 is 26.8. The molecule has 0 aliphatic carbocycles. The van der Waals surface area contributed by atoms with E-state index in [9.17, 15) is 18.3 Å². The summed E-state index contributed by atoms with van der Waals surface area (Å²) in [5, 5.41) is 11.0. The molecule has 0 bridgehead atoms. The number of rotatable bonds is 8. The van der Waals surface area contributed by atoms with E-state index in [1.54, 1.807) is 6.92 Å². The van der Waals surface area contributed by atoms with Crippen LogP contribution >= 0.6 is 0 Å². The molecule has 1 aromatic rings. The fourth-order valence-electron chi connectivity index (χ4n) is 2.04. The van der Waals surface area contributed by atoms with Gasteiger partial charge in [-0.25, -0.2) is 13.1 Å². The van der Waals surface area contributed by atoms with Gasteiger partial charge in [-0.1, -0.05) is 6.07 Å². The van der Waals surface area contributed by atoms with Crippen LogP contribution in [0.2, 0.25) is 0 Å². The molecular weight excluding hydrogens is 292 g/mol. The molecule has 21 heavy (non-hydrogen) atoms. The number of sulfonamides is 1. The van der Waals surface area contributed by atoms with Crippen LogP contribution in [0.5, 0.6) is 0 Å². The highest BCUT2D eigenvalue weighted by atomic mass is 32.2. The summed E-state index contributed by atoms with van der Waals surface area (Å²) in [7, 11) is -3.70. The van der Waals surface area contributed by atoms with Crippen LogP contribution in [0.1, 0.15) is 29.8 Å². The van der Waals surface area contributed by atoms with Gasteiger partial charge >= 0.3 is 0 Å². The fraction of sp³-hybridized carbons (Fsp3) is 0.500. The van der Waals surface area contributed by atoms with Crippen molar-refractivity contribution >= 4 is 16.0 Å². The largest absolute Gasteiger partial charge is 0.545 e. The highest BCUT2D eigenvalue weighted by molar-refractivity contribution is 7.89. The van der Waals surface area contributed by atoms with E-state index in [2.05, 4.69) is 4.72 Å². The van der Waals surface area contributed by atoms with Crippen molar-refractivity contribution in [3.05, 3.63) is 29.3 Å². The van der Waals surface area contributed by atoms with E-state index < -0.39 is 16.0 Å². The molecule has 0 saturated heterocycles. The standard InChI is InChI=1S/C14H22N2O4S/c1-4-16(5-2)9-8-15-21(19,20)12-7-6-11(3)13(10-12)14(17)18/h6-7,10,15H,4-5,8-9H2,1-3H3,(H,17,18). The molecule has 0 saturated carbocycles. The third-order valence-corrected chi connectivity index (χ3v) is 4.97. The Balaban J connectivity index is 2.84. The Morgan fingerprint density at radius 1 is 1.29 bits per heavy atom. The summed E-state index contributed by atoms with van der Waals surface area (Å²) in [6.07, 6.45) is 0. The maximum Gasteiger partial charge on any atom is 0.240 e. The first-order chi connectivity index (χ1) is 9.81. The lowest BCUT2D eigenvalue weighted by atomic mass is 10.1. The van der Waals surface area contributed by atoms with Gasteiger partial charge in [0.2, 0.25) is 10.0 Å². The van der Waals surface area contributed by atoms with Crippen LogP contribution in [0.25, 0.3) is 0 Å². The Morgan fingerprint density at radius 3 is 2.43 bits per heavy atom. The molecule has 0 radical (unpaired) electrons. The smallest absolute Gasteiger partial charge is 0.240 e. The van der Waals surface area contributed by atoms with E-state index in [1.807, 2.05) is 13.8 Å². The number of nitrogens with one attached hydrogen (secondary N) is 2. The highest BCUT2D eigenvalue weighted by Gasteiger charge is 2.16. The Labute approximate surface area is 125 Å². The quantitative estimate of drug-likeness (QED) is 0.615. The molecule has 0 aromatic heterocycles. The van der Waals surface area contributed by atoms with Gasteiger partial charge in [-0.2, -0.15) is 0 Å². The molecule has 6 nitrogen and oxygen atoms in total. The zero-order valence-electron chi connectivity index (χ0n) is 12.6. The summed E-state index contributed by atoms with van der Waals surface area (Å²) >= 11 is 0. The number of quaternary nitrogens is 1. The second-order valence-corrected chi connectivity index (χ2v) is 6.64. The maximum absolute atomic E-state index is 12.1. The van der Waals surface area contributed by atoms with E-state index in [0.29, 0.717) is 18.7 Å². The second-order valence-electron chi connectivity index (χ2n) is 4.87. The van der Waals surface area contributed by atoms with E-state index in [0.717, 1.165) is 19.2 Å². The molecule has 0 aliphatic rings. The second kappa shape index (κ2) is 7.53. The monoisotopic (exact) mass is 314 g/mol. The topological polar surface area (TPSA) is 90.7 Å². The van der Waals surface area contributed by atoms with Gasteiger partial charge in [0.05, 0.1) is 37.0 Å². The summed E-state index contributed by atoms with van der Waals surface area (Å²) in [6, 6.07) is 4.00. The minimum absolute atomic E-state index is 0.0538. The summed E-state index contributed by atoms with van der Waals surface area (Å²) in [5.74, 6) is -1.38. The molecule has 0 amide bonds. The van der Waals surface area contributed by atoms with Crippen LogP contribution < -0.4 is 14.7 Å². The number of benzene rings is 1. The van der Waals surface area contributed by atoms with Crippen LogP contribution in [0.3, 0.4) is 0 Å². The van der Waals surface area contributed by atoms with Crippen LogP contribution in [0, 0.1) is 6.92 Å². The van der Waals surface area contributed by atoms with Gasteiger partial charge in [0, 0.05) is 5.56 Å². The molecule has 0 aliphatic heterocycles. The van der Waals surface area contributed by atoms with Crippen molar-refractivity contribution in [2.75, 3.05) is 26.2 Å². The molecule has 0 fully saturated rings. The van der Waals surface area contributed by atoms with Crippen LogP contribution in [-0.2, 0) is 10.0 Å². The Kier molecular flexibility index (Phi) is 6.32. The number of carboxylic acid groups (broad SMARTS) is 1. The van der Waals surface area contributed by atoms with Crippen molar-refractivity contribution in [2.45, 2.75) is 25.7 Å². The van der Waals surface area contributed by atoms with Crippen molar-refractivity contribution in [2.24, 2.45) is 0 Å². The minimum atomic E-state index is -3.70. The maximum atomic E-state index is 12.1. The predicted molar refractivity (Wildman–Crippen MR) is 77.6 cm³/mol. The zero-order chi connectivity index (χ0) is 16.0. The van der Waals surface area contributed by atoms with Gasteiger partial charge in [-0.05, 0) is 38.5 Å². The minimum Gasteiger partial charge on any atom is -0.545 e. The van der Waals surface area contributed by atoms with E-state index in [-0.39, 0.29) is 10.5 Å². The zero-order valence-corrected chi connectivity index (χ0v) is 13.4. The fourth-order valence-corrected chi connectivity index (χ4v) is 3.09. The molecule has 1 aromatic carbocycles. The first-order valence-electron chi connectivity index (χ1n) is 6.97. The van der Waals surface area contributed by atoms with Crippen molar-refractivity contribution in [3.63, 3.8) is 0 Å². The van der Waals surface area contributed by atoms with Crippen molar-refractivity contribution < 1.29 is 23.2 Å². The van der Waals surface area contributed by atoms with Crippen molar-refractivity contribution in [1.82, 2.24) is 4.72 Å². The normalized spacial score (nSPS) is 11.8. The van der Waals surface area contributed by atoms with Gasteiger partial charge in [0.1, 0.15) is 0 Å². The molecule has 7 heteroatoms. The number of carbonyl (C=O) groups is 1. The molecule has 118 valence electrons. The van der Waals surface area contributed by atoms with Crippen molar-refractivity contribution in [1.29, 1.82) is 0 Å². The molecule has 0 heterocycles. The average Bonchev–Trinajstić information content (AvgIpc) is 2.43. The number of carbonyl (C=O) groups excluding carboxylic acids is 1. The third-order valence-electron chi connectivity index (χ3n) is 3.51.